The lowest BCUT2D eigenvalue weighted by Crippen LogP contribution is -2.18. The number of thiophene rings is 1. The topological polar surface area (TPSA) is 51.2 Å². The summed E-state index contributed by atoms with van der Waals surface area (Å²) in [5.41, 5.74) is 6.13. The summed E-state index contributed by atoms with van der Waals surface area (Å²) in [5, 5.41) is 10.3. The molecule has 6 heteroatoms. The Hall–Kier alpha value is -3.84. The van der Waals surface area contributed by atoms with Crippen LogP contribution in [0.2, 0.25) is 0 Å². The van der Waals surface area contributed by atoms with Crippen LogP contribution in [0.15, 0.2) is 91.0 Å². The number of nitrogens with zero attached hydrogens (tertiary/aromatic N) is 1. The van der Waals surface area contributed by atoms with Crippen LogP contribution in [0.3, 0.4) is 0 Å². The highest BCUT2D eigenvalue weighted by molar-refractivity contribution is 7.22. The monoisotopic (exact) mass is 607 g/mol. The van der Waals surface area contributed by atoms with E-state index >= 15 is 0 Å². The van der Waals surface area contributed by atoms with E-state index in [1.165, 1.54) is 63.1 Å². The van der Waals surface area contributed by atoms with Gasteiger partial charge in [0.25, 0.3) is 0 Å². The van der Waals surface area contributed by atoms with Crippen LogP contribution >= 0.6 is 11.3 Å². The molecule has 2 heterocycles. The number of aliphatic hydroxyl groups excluding tert-OH is 1. The van der Waals surface area contributed by atoms with Gasteiger partial charge in [-0.2, -0.15) is 0 Å². The number of fused-ring (bicyclic) bond motifs is 1. The van der Waals surface area contributed by atoms with Crippen LogP contribution in [0, 0.1) is 0 Å². The summed E-state index contributed by atoms with van der Waals surface area (Å²) in [6.07, 6.45) is 4.96. The number of unbranched alkanes of at least 4 members (excludes halogenated alkanes) is 1. The Labute approximate surface area is 264 Å². The van der Waals surface area contributed by atoms with Gasteiger partial charge in [0.05, 0.1) is 13.7 Å². The third-order valence-electron chi connectivity index (χ3n) is 8.28. The van der Waals surface area contributed by atoms with E-state index in [4.69, 9.17) is 19.3 Å². The van der Waals surface area contributed by atoms with Gasteiger partial charge in [-0.15, -0.1) is 11.3 Å². The van der Waals surface area contributed by atoms with Crippen LogP contribution in [0.1, 0.15) is 47.9 Å². The van der Waals surface area contributed by atoms with Crippen LogP contribution in [0.4, 0.5) is 0 Å². The van der Waals surface area contributed by atoms with Crippen molar-refractivity contribution in [3.8, 4) is 27.7 Å². The molecule has 0 bridgehead atoms. The Morgan fingerprint density at radius 1 is 0.795 bits per heavy atom. The maximum atomic E-state index is 9.05. The molecule has 1 aliphatic heterocycles. The number of benzene rings is 4. The fourth-order valence-electron chi connectivity index (χ4n) is 5.89. The molecule has 0 atom stereocenters. The van der Waals surface area contributed by atoms with E-state index in [0.29, 0.717) is 13.2 Å². The Morgan fingerprint density at radius 2 is 1.59 bits per heavy atom. The van der Waals surface area contributed by atoms with Gasteiger partial charge in [0.1, 0.15) is 23.9 Å². The molecule has 0 aliphatic carbocycles. The zero-order chi connectivity index (χ0) is 30.1. The molecular formula is C38H41NO4S. The molecule has 0 amide bonds. The van der Waals surface area contributed by atoms with Gasteiger partial charge in [-0.05, 0) is 121 Å². The first-order valence-corrected chi connectivity index (χ1v) is 16.5. The molecule has 1 fully saturated rings. The van der Waals surface area contributed by atoms with E-state index < -0.39 is 0 Å². The van der Waals surface area contributed by atoms with E-state index in [-0.39, 0.29) is 6.61 Å². The van der Waals surface area contributed by atoms with Gasteiger partial charge in [-0.25, -0.2) is 0 Å². The first-order chi connectivity index (χ1) is 21.7. The lowest BCUT2D eigenvalue weighted by Gasteiger charge is -2.18. The van der Waals surface area contributed by atoms with Gasteiger partial charge in [0, 0.05) is 28.3 Å². The van der Waals surface area contributed by atoms with E-state index in [1.54, 1.807) is 7.11 Å². The van der Waals surface area contributed by atoms with Crippen molar-refractivity contribution in [3.63, 3.8) is 0 Å². The van der Waals surface area contributed by atoms with E-state index in [0.717, 1.165) is 48.6 Å². The summed E-state index contributed by atoms with van der Waals surface area (Å²) in [7, 11) is 1.78. The summed E-state index contributed by atoms with van der Waals surface area (Å²) in [6.45, 7) is 4.62. The second-order valence-electron chi connectivity index (χ2n) is 11.5. The minimum absolute atomic E-state index is 0.197. The van der Waals surface area contributed by atoms with Crippen molar-refractivity contribution in [1.29, 1.82) is 0 Å². The quantitative estimate of drug-likeness (QED) is 0.128. The maximum Gasteiger partial charge on any atom is 0.123 e. The average Bonchev–Trinajstić information content (AvgIpc) is 3.71. The fourth-order valence-corrected chi connectivity index (χ4v) is 7.15. The molecular weight excluding hydrogens is 566 g/mol. The molecule has 0 spiro atoms. The molecule has 228 valence electrons. The Morgan fingerprint density at radius 3 is 2.36 bits per heavy atom. The highest BCUT2D eigenvalue weighted by atomic mass is 32.1. The molecule has 1 N–H and O–H groups in total. The standard InChI is InChI=1S/C38H41NO4S/c1-41-36-24-29(11-12-31(36)26-39-19-5-6-20-39)23-35-34-18-17-33(43-27-28-9-3-2-4-10-28)25-37(34)44-38(35)30-13-15-32(16-14-30)42-22-8-7-21-40/h2-4,9-18,24-25,40H,5-8,19-23,26-27H2,1H3. The highest BCUT2D eigenvalue weighted by Crippen LogP contribution is 2.42. The summed E-state index contributed by atoms with van der Waals surface area (Å²) in [4.78, 5) is 3.77. The Balaban J connectivity index is 1.29. The lowest BCUT2D eigenvalue weighted by atomic mass is 9.97. The van der Waals surface area contributed by atoms with E-state index in [9.17, 15) is 0 Å². The van der Waals surface area contributed by atoms with Crippen molar-refractivity contribution in [3.05, 3.63) is 113 Å². The van der Waals surface area contributed by atoms with Crippen molar-refractivity contribution >= 4 is 21.4 Å². The first kappa shape index (κ1) is 30.2. The summed E-state index contributed by atoms with van der Waals surface area (Å²) in [5.74, 6) is 2.69. The molecule has 1 saturated heterocycles. The second-order valence-corrected chi connectivity index (χ2v) is 12.5. The van der Waals surface area contributed by atoms with Crippen LogP contribution < -0.4 is 14.2 Å². The van der Waals surface area contributed by atoms with Crippen LogP contribution in [-0.2, 0) is 19.6 Å². The van der Waals surface area contributed by atoms with Gasteiger partial charge in [-0.3, -0.25) is 4.90 Å². The summed E-state index contributed by atoms with van der Waals surface area (Å²) < 4.78 is 19.2. The molecule has 0 saturated carbocycles. The highest BCUT2D eigenvalue weighted by Gasteiger charge is 2.18. The smallest absolute Gasteiger partial charge is 0.123 e. The van der Waals surface area contributed by atoms with Gasteiger partial charge in [-0.1, -0.05) is 42.5 Å². The SMILES string of the molecule is COc1cc(Cc2c(-c3ccc(OCCCCO)cc3)sc3cc(OCc4ccccc4)ccc23)ccc1CN1CCCC1. The number of likely N-dealkylation sites (tertiary alicyclic amines) is 1. The second kappa shape index (κ2) is 14.8. The van der Waals surface area contributed by atoms with Crippen molar-refractivity contribution in [2.45, 2.75) is 45.3 Å². The maximum absolute atomic E-state index is 9.05. The third-order valence-corrected chi connectivity index (χ3v) is 9.52. The number of hydrogen-bond acceptors (Lipinski definition) is 6. The predicted molar refractivity (Wildman–Crippen MR) is 180 cm³/mol. The fraction of sp³-hybridized carbons (Fsp3) is 0.316. The molecule has 5 nitrogen and oxygen atoms in total. The minimum Gasteiger partial charge on any atom is -0.496 e. The molecule has 6 rings (SSSR count). The predicted octanol–water partition coefficient (Wildman–Crippen LogP) is 8.49. The lowest BCUT2D eigenvalue weighted by molar-refractivity contribution is 0.253. The average molecular weight is 608 g/mol. The van der Waals surface area contributed by atoms with Gasteiger partial charge in [0.15, 0.2) is 0 Å². The largest absolute Gasteiger partial charge is 0.496 e. The van der Waals surface area contributed by atoms with E-state index in [2.05, 4.69) is 65.6 Å². The first-order valence-electron chi connectivity index (χ1n) is 15.6. The summed E-state index contributed by atoms with van der Waals surface area (Å²) >= 11 is 1.81. The van der Waals surface area contributed by atoms with Crippen molar-refractivity contribution in [2.24, 2.45) is 0 Å². The van der Waals surface area contributed by atoms with Crippen molar-refractivity contribution in [2.75, 3.05) is 33.4 Å². The molecule has 5 aromatic rings. The van der Waals surface area contributed by atoms with E-state index in [1.807, 2.05) is 41.7 Å². The zero-order valence-corrected chi connectivity index (χ0v) is 26.3. The van der Waals surface area contributed by atoms with Gasteiger partial charge in [0.2, 0.25) is 0 Å². The number of rotatable bonds is 14. The molecule has 0 unspecified atom stereocenters. The van der Waals surface area contributed by atoms with Crippen LogP contribution in [-0.4, -0.2) is 43.4 Å². The zero-order valence-electron chi connectivity index (χ0n) is 25.5. The normalized spacial score (nSPS) is 13.4. The Bertz CT molecular complexity index is 1640. The van der Waals surface area contributed by atoms with Crippen molar-refractivity contribution in [1.82, 2.24) is 4.90 Å². The Kier molecular flexibility index (Phi) is 10.1. The molecule has 1 aromatic heterocycles. The number of hydrogen-bond donors (Lipinski definition) is 1. The minimum atomic E-state index is 0.197. The number of aliphatic hydroxyl groups is 1. The molecule has 1 aliphatic rings. The molecule has 4 aromatic carbocycles. The number of methoxy groups -OCH3 is 1. The van der Waals surface area contributed by atoms with Gasteiger partial charge >= 0.3 is 0 Å². The third kappa shape index (κ3) is 7.44. The molecule has 0 radical (unpaired) electrons. The molecule has 44 heavy (non-hydrogen) atoms. The number of ether oxygens (including phenoxy) is 3. The van der Waals surface area contributed by atoms with Crippen molar-refractivity contribution < 1.29 is 19.3 Å². The summed E-state index contributed by atoms with van der Waals surface area (Å²) in [6, 6.07) is 31.9. The van der Waals surface area contributed by atoms with Crippen LogP contribution in [0.5, 0.6) is 17.2 Å². The van der Waals surface area contributed by atoms with Gasteiger partial charge < -0.3 is 19.3 Å². The van der Waals surface area contributed by atoms with Crippen LogP contribution in [0.25, 0.3) is 20.5 Å².